The Balaban J connectivity index is 1.74. The molecule has 3 rings (SSSR count). The molecule has 0 bridgehead atoms. The zero-order chi connectivity index (χ0) is 16.6. The van der Waals surface area contributed by atoms with Gasteiger partial charge in [-0.05, 0) is 39.2 Å². The average Bonchev–Trinajstić information content (AvgIpc) is 2.82. The molecule has 0 radical (unpaired) electrons. The monoisotopic (exact) mass is 320 g/mol. The van der Waals surface area contributed by atoms with Crippen molar-refractivity contribution in [1.29, 1.82) is 0 Å². The third kappa shape index (κ3) is 2.85. The number of rotatable bonds is 2. The molecule has 0 aromatic carbocycles. The van der Waals surface area contributed by atoms with Crippen LogP contribution in [0, 0.1) is 19.3 Å². The molecule has 2 aliphatic rings. The first-order chi connectivity index (χ1) is 10.9. The van der Waals surface area contributed by atoms with Crippen LogP contribution in [0.5, 0.6) is 0 Å². The van der Waals surface area contributed by atoms with E-state index in [0.717, 1.165) is 17.8 Å². The molecule has 7 heteroatoms. The van der Waals surface area contributed by atoms with E-state index >= 15 is 0 Å². The molecule has 7 nitrogen and oxygen atoms in total. The molecule has 2 amide bonds. The van der Waals surface area contributed by atoms with Crippen LogP contribution in [0.1, 0.15) is 30.7 Å². The second-order valence-electron chi connectivity index (χ2n) is 6.72. The van der Waals surface area contributed by atoms with E-state index in [4.69, 9.17) is 0 Å². The van der Waals surface area contributed by atoms with E-state index in [1.54, 1.807) is 9.58 Å². The number of aliphatic hydroxyl groups excluding tert-OH is 1. The SMILES string of the molecule is Cc1cc(C)n(CC(=O)N2CC[C@H](O)[C@@]3(CCCNC3=O)C2)n1. The predicted molar refractivity (Wildman–Crippen MR) is 83.6 cm³/mol. The molecule has 2 aliphatic heterocycles. The molecule has 23 heavy (non-hydrogen) atoms. The number of piperidine rings is 2. The highest BCUT2D eigenvalue weighted by Gasteiger charge is 2.50. The maximum absolute atomic E-state index is 12.6. The number of hydrogen-bond donors (Lipinski definition) is 2. The van der Waals surface area contributed by atoms with Gasteiger partial charge >= 0.3 is 0 Å². The summed E-state index contributed by atoms with van der Waals surface area (Å²) in [6.45, 7) is 5.41. The first-order valence-electron chi connectivity index (χ1n) is 8.17. The van der Waals surface area contributed by atoms with E-state index < -0.39 is 11.5 Å². The molecule has 3 heterocycles. The number of likely N-dealkylation sites (tertiary alicyclic amines) is 1. The molecular formula is C16H24N4O3. The molecule has 2 saturated heterocycles. The van der Waals surface area contributed by atoms with E-state index in [1.807, 2.05) is 19.9 Å². The van der Waals surface area contributed by atoms with Gasteiger partial charge in [0.25, 0.3) is 0 Å². The minimum atomic E-state index is -0.846. The Hall–Kier alpha value is -1.89. The molecule has 2 fully saturated rings. The largest absolute Gasteiger partial charge is 0.392 e. The van der Waals surface area contributed by atoms with Gasteiger partial charge in [-0.2, -0.15) is 5.10 Å². The quantitative estimate of drug-likeness (QED) is 0.802. The van der Waals surface area contributed by atoms with E-state index in [-0.39, 0.29) is 24.9 Å². The highest BCUT2D eigenvalue weighted by molar-refractivity contribution is 5.86. The fourth-order valence-corrected chi connectivity index (χ4v) is 3.72. The maximum Gasteiger partial charge on any atom is 0.244 e. The molecular weight excluding hydrogens is 296 g/mol. The van der Waals surface area contributed by atoms with Crippen molar-refractivity contribution in [3.05, 3.63) is 17.5 Å². The van der Waals surface area contributed by atoms with Gasteiger partial charge in [0, 0.05) is 25.3 Å². The minimum absolute atomic E-state index is 0.0548. The molecule has 126 valence electrons. The Kier molecular flexibility index (Phi) is 4.14. The number of aryl methyl sites for hydroxylation is 2. The van der Waals surface area contributed by atoms with Crippen molar-refractivity contribution in [2.24, 2.45) is 5.41 Å². The molecule has 0 saturated carbocycles. The smallest absolute Gasteiger partial charge is 0.244 e. The van der Waals surface area contributed by atoms with Gasteiger partial charge in [-0.3, -0.25) is 14.3 Å². The Morgan fingerprint density at radius 3 is 2.96 bits per heavy atom. The van der Waals surface area contributed by atoms with Crippen molar-refractivity contribution >= 4 is 11.8 Å². The van der Waals surface area contributed by atoms with Crippen LogP contribution in [0.2, 0.25) is 0 Å². The van der Waals surface area contributed by atoms with Gasteiger partial charge < -0.3 is 15.3 Å². The van der Waals surface area contributed by atoms with Gasteiger partial charge in [-0.15, -0.1) is 0 Å². The van der Waals surface area contributed by atoms with Crippen molar-refractivity contribution < 1.29 is 14.7 Å². The minimum Gasteiger partial charge on any atom is -0.392 e. The van der Waals surface area contributed by atoms with Gasteiger partial charge in [-0.1, -0.05) is 0 Å². The van der Waals surface area contributed by atoms with Crippen LogP contribution in [-0.2, 0) is 16.1 Å². The number of nitrogens with zero attached hydrogens (tertiary/aromatic N) is 3. The lowest BCUT2D eigenvalue weighted by Crippen LogP contribution is -2.62. The van der Waals surface area contributed by atoms with Gasteiger partial charge in [0.1, 0.15) is 6.54 Å². The molecule has 1 aromatic rings. The summed E-state index contributed by atoms with van der Waals surface area (Å²) in [5.74, 6) is -0.180. The number of aromatic nitrogens is 2. The standard InChI is InChI=1S/C16H24N4O3/c1-11-8-12(2)20(18-11)9-14(22)19-7-4-13(21)16(10-19)5-3-6-17-15(16)23/h8,13,21H,3-7,9-10H2,1-2H3,(H,17,23)/t13-,16+/m0/s1. The highest BCUT2D eigenvalue weighted by Crippen LogP contribution is 2.37. The van der Waals surface area contributed by atoms with Crippen molar-refractivity contribution in [3.63, 3.8) is 0 Å². The van der Waals surface area contributed by atoms with Gasteiger partial charge in [-0.25, -0.2) is 0 Å². The fourth-order valence-electron chi connectivity index (χ4n) is 3.72. The number of aliphatic hydroxyl groups is 1. The Bertz CT molecular complexity index is 627. The van der Waals surface area contributed by atoms with Crippen molar-refractivity contribution in [3.8, 4) is 0 Å². The number of carbonyl (C=O) groups excluding carboxylic acids is 2. The molecule has 0 unspecified atom stereocenters. The van der Waals surface area contributed by atoms with Crippen LogP contribution in [0.4, 0.5) is 0 Å². The molecule has 0 aliphatic carbocycles. The van der Waals surface area contributed by atoms with Crippen LogP contribution in [0.3, 0.4) is 0 Å². The third-order valence-electron chi connectivity index (χ3n) is 5.06. The van der Waals surface area contributed by atoms with E-state index in [1.165, 1.54) is 0 Å². The summed E-state index contributed by atoms with van der Waals surface area (Å²) in [4.78, 5) is 26.7. The van der Waals surface area contributed by atoms with Crippen LogP contribution < -0.4 is 5.32 Å². The second kappa shape index (κ2) is 5.96. The lowest BCUT2D eigenvalue weighted by atomic mass is 9.71. The van der Waals surface area contributed by atoms with Crippen LogP contribution >= 0.6 is 0 Å². The van der Waals surface area contributed by atoms with Crippen LogP contribution in [0.25, 0.3) is 0 Å². The zero-order valence-corrected chi connectivity index (χ0v) is 13.7. The summed E-state index contributed by atoms with van der Waals surface area (Å²) < 4.78 is 1.69. The van der Waals surface area contributed by atoms with E-state index in [2.05, 4.69) is 10.4 Å². The van der Waals surface area contributed by atoms with Crippen molar-refractivity contribution in [2.45, 2.75) is 45.8 Å². The molecule has 2 N–H and O–H groups in total. The van der Waals surface area contributed by atoms with Crippen molar-refractivity contribution in [2.75, 3.05) is 19.6 Å². The topological polar surface area (TPSA) is 87.5 Å². The first kappa shape index (κ1) is 16.0. The third-order valence-corrected chi connectivity index (χ3v) is 5.06. The van der Waals surface area contributed by atoms with E-state index in [9.17, 15) is 14.7 Å². The van der Waals surface area contributed by atoms with Gasteiger partial charge in [0.15, 0.2) is 0 Å². The van der Waals surface area contributed by atoms with Crippen LogP contribution in [0.15, 0.2) is 6.07 Å². The molecule has 1 aromatic heterocycles. The Morgan fingerprint density at radius 1 is 1.52 bits per heavy atom. The summed E-state index contributed by atoms with van der Waals surface area (Å²) in [5, 5.41) is 17.5. The summed E-state index contributed by atoms with van der Waals surface area (Å²) >= 11 is 0. The van der Waals surface area contributed by atoms with Gasteiger partial charge in [0.2, 0.25) is 11.8 Å². The second-order valence-corrected chi connectivity index (χ2v) is 6.72. The Labute approximate surface area is 135 Å². The number of nitrogens with one attached hydrogen (secondary N) is 1. The lowest BCUT2D eigenvalue weighted by molar-refractivity contribution is -0.155. The van der Waals surface area contributed by atoms with E-state index in [0.29, 0.717) is 25.9 Å². The summed E-state index contributed by atoms with van der Waals surface area (Å²) in [6, 6.07) is 1.93. The van der Waals surface area contributed by atoms with Crippen molar-refractivity contribution in [1.82, 2.24) is 20.0 Å². The number of amides is 2. The first-order valence-corrected chi connectivity index (χ1v) is 8.17. The van der Waals surface area contributed by atoms with Gasteiger partial charge in [0.05, 0.1) is 17.2 Å². The molecule has 2 atom stereocenters. The Morgan fingerprint density at radius 2 is 2.30 bits per heavy atom. The maximum atomic E-state index is 12.6. The fraction of sp³-hybridized carbons (Fsp3) is 0.688. The van der Waals surface area contributed by atoms with Crippen LogP contribution in [-0.4, -0.2) is 57.3 Å². The number of carbonyl (C=O) groups is 2. The highest BCUT2D eigenvalue weighted by atomic mass is 16.3. The predicted octanol–water partition coefficient (Wildman–Crippen LogP) is -0.0105. The zero-order valence-electron chi connectivity index (χ0n) is 13.7. The lowest BCUT2D eigenvalue weighted by Gasteiger charge is -2.46. The number of hydrogen-bond acceptors (Lipinski definition) is 4. The average molecular weight is 320 g/mol. The summed E-state index contributed by atoms with van der Waals surface area (Å²) in [5.41, 5.74) is 0.979. The molecule has 1 spiro atoms. The summed E-state index contributed by atoms with van der Waals surface area (Å²) in [6.07, 6.45) is 1.22. The summed E-state index contributed by atoms with van der Waals surface area (Å²) in [7, 11) is 0. The normalized spacial score (nSPS) is 28.0.